The fourth-order valence-electron chi connectivity index (χ4n) is 1.39. The van der Waals surface area contributed by atoms with Gasteiger partial charge in [-0.3, -0.25) is 10.2 Å². The van der Waals surface area contributed by atoms with Crippen molar-refractivity contribution in [3.05, 3.63) is 0 Å². The van der Waals surface area contributed by atoms with Crippen LogP contribution >= 0.6 is 24.8 Å². The highest BCUT2D eigenvalue weighted by Crippen LogP contribution is 2.15. The summed E-state index contributed by atoms with van der Waals surface area (Å²) in [4.78, 5) is 13.2. The number of carbonyl (C=O) groups is 1. The van der Waals surface area contributed by atoms with Crippen LogP contribution in [-0.2, 0) is 4.79 Å². The Labute approximate surface area is 91.0 Å². The Kier molecular flexibility index (Phi) is 8.77. The number of rotatable bonds is 1. The first-order chi connectivity index (χ1) is 5.24. The molecule has 6 heteroatoms. The molecule has 0 atom stereocenters. The lowest BCUT2D eigenvalue weighted by atomic mass is 9.97. The van der Waals surface area contributed by atoms with E-state index >= 15 is 0 Å². The number of piperidine rings is 1. The summed E-state index contributed by atoms with van der Waals surface area (Å²) in [5.41, 5.74) is 2.19. The fraction of sp³-hybridized carbons (Fsp3) is 0.857. The lowest BCUT2D eigenvalue weighted by Crippen LogP contribution is -2.41. The summed E-state index contributed by atoms with van der Waals surface area (Å²) < 4.78 is 0. The monoisotopic (exact) mass is 229 g/mol. The van der Waals surface area contributed by atoms with Gasteiger partial charge in [-0.15, -0.1) is 24.8 Å². The van der Waals surface area contributed by atoms with E-state index in [9.17, 15) is 4.79 Å². The number of amides is 1. The van der Waals surface area contributed by atoms with E-state index in [1.807, 2.05) is 0 Å². The Morgan fingerprint density at radius 3 is 2.23 bits per heavy atom. The molecule has 4 nitrogen and oxygen atoms in total. The maximum Gasteiger partial charge on any atom is 0.237 e. The summed E-state index contributed by atoms with van der Waals surface area (Å²) in [5, 5.41) is 0. The molecule has 1 heterocycles. The number of likely N-dealkylation sites (tertiary alicyclic amines) is 1. The van der Waals surface area contributed by atoms with Crippen LogP contribution in [0.2, 0.25) is 0 Å². The number of hydrogen-bond acceptors (Lipinski definition) is 3. The maximum absolute atomic E-state index is 11.0. The minimum absolute atomic E-state index is 0. The molecule has 0 radical (unpaired) electrons. The predicted molar refractivity (Wildman–Crippen MR) is 57.0 cm³/mol. The quantitative estimate of drug-likeness (QED) is 0.383. The molecule has 0 saturated carbocycles. The van der Waals surface area contributed by atoms with Gasteiger partial charge in [0, 0.05) is 5.92 Å². The summed E-state index contributed by atoms with van der Waals surface area (Å²) in [6.45, 7) is 2.00. The van der Waals surface area contributed by atoms with E-state index in [1.165, 1.54) is 0 Å². The molecule has 80 valence electrons. The first kappa shape index (κ1) is 15.4. The third-order valence-corrected chi connectivity index (χ3v) is 2.23. The minimum atomic E-state index is -0.0156. The zero-order valence-corrected chi connectivity index (χ0v) is 9.29. The summed E-state index contributed by atoms with van der Waals surface area (Å²) >= 11 is 0. The Hall–Kier alpha value is -0.0300. The van der Waals surface area contributed by atoms with E-state index in [0.717, 1.165) is 25.9 Å². The topological polar surface area (TPSA) is 58.4 Å². The van der Waals surface area contributed by atoms with Gasteiger partial charge in [0.2, 0.25) is 5.91 Å². The molecule has 3 N–H and O–H groups in total. The molecule has 0 unspecified atom stereocenters. The van der Waals surface area contributed by atoms with Crippen molar-refractivity contribution in [2.24, 2.45) is 11.8 Å². The Bertz CT molecular complexity index is 149. The van der Waals surface area contributed by atoms with Crippen LogP contribution in [-0.4, -0.2) is 30.9 Å². The number of carbonyl (C=O) groups excluding carboxylic acids is 1. The van der Waals surface area contributed by atoms with Gasteiger partial charge in [-0.1, -0.05) is 0 Å². The molecule has 13 heavy (non-hydrogen) atoms. The van der Waals surface area contributed by atoms with Crippen molar-refractivity contribution < 1.29 is 4.79 Å². The zero-order chi connectivity index (χ0) is 8.27. The fourth-order valence-corrected chi connectivity index (χ4v) is 1.39. The Morgan fingerprint density at radius 2 is 1.85 bits per heavy atom. The second-order valence-corrected chi connectivity index (χ2v) is 3.09. The first-order valence-corrected chi connectivity index (χ1v) is 3.93. The van der Waals surface area contributed by atoms with Gasteiger partial charge in [0.15, 0.2) is 0 Å². The maximum atomic E-state index is 11.0. The normalized spacial score (nSPS) is 18.3. The lowest BCUT2D eigenvalue weighted by Gasteiger charge is -2.27. The second-order valence-electron chi connectivity index (χ2n) is 3.09. The van der Waals surface area contributed by atoms with Crippen LogP contribution in [0.3, 0.4) is 0 Å². The van der Waals surface area contributed by atoms with Crippen LogP contribution in [0.5, 0.6) is 0 Å². The average molecular weight is 230 g/mol. The van der Waals surface area contributed by atoms with Crippen LogP contribution < -0.4 is 11.3 Å². The van der Waals surface area contributed by atoms with Crippen molar-refractivity contribution in [1.29, 1.82) is 0 Å². The molecule has 0 aliphatic carbocycles. The molecule has 1 aliphatic heterocycles. The number of halogens is 2. The molecule has 0 bridgehead atoms. The standard InChI is InChI=1S/C7H15N3O.2ClH/c1-10-4-2-6(3-5-10)7(11)9-8;;/h6H,2-5,8H2,1H3,(H,9,11);2*1H. The van der Waals surface area contributed by atoms with Gasteiger partial charge in [-0.25, -0.2) is 5.84 Å². The van der Waals surface area contributed by atoms with E-state index in [4.69, 9.17) is 5.84 Å². The van der Waals surface area contributed by atoms with E-state index in [-0.39, 0.29) is 36.6 Å². The van der Waals surface area contributed by atoms with Crippen molar-refractivity contribution in [2.75, 3.05) is 20.1 Å². The van der Waals surface area contributed by atoms with Crippen molar-refractivity contribution in [1.82, 2.24) is 10.3 Å². The zero-order valence-electron chi connectivity index (χ0n) is 7.66. The number of nitrogens with zero attached hydrogens (tertiary/aromatic N) is 1. The van der Waals surface area contributed by atoms with Gasteiger partial charge in [0.25, 0.3) is 0 Å². The average Bonchev–Trinajstić information content (AvgIpc) is 2.05. The largest absolute Gasteiger partial charge is 0.306 e. The minimum Gasteiger partial charge on any atom is -0.306 e. The molecule has 1 saturated heterocycles. The third-order valence-electron chi connectivity index (χ3n) is 2.23. The molecule has 0 aromatic carbocycles. The van der Waals surface area contributed by atoms with E-state index in [0.29, 0.717) is 0 Å². The van der Waals surface area contributed by atoms with Gasteiger partial charge >= 0.3 is 0 Å². The molecule has 1 rings (SSSR count). The predicted octanol–water partition coefficient (Wildman–Crippen LogP) is 0.162. The van der Waals surface area contributed by atoms with Crippen LogP contribution in [0.15, 0.2) is 0 Å². The van der Waals surface area contributed by atoms with Gasteiger partial charge < -0.3 is 4.90 Å². The molecule has 0 aromatic heterocycles. The number of hydrazine groups is 1. The molecule has 1 amide bonds. The van der Waals surface area contributed by atoms with Gasteiger partial charge in [-0.05, 0) is 33.0 Å². The van der Waals surface area contributed by atoms with E-state index in [1.54, 1.807) is 0 Å². The van der Waals surface area contributed by atoms with Crippen LogP contribution in [0.4, 0.5) is 0 Å². The van der Waals surface area contributed by atoms with Crippen LogP contribution in [0, 0.1) is 5.92 Å². The van der Waals surface area contributed by atoms with E-state index < -0.39 is 0 Å². The lowest BCUT2D eigenvalue weighted by molar-refractivity contribution is -0.126. The highest BCUT2D eigenvalue weighted by atomic mass is 35.5. The van der Waals surface area contributed by atoms with Crippen molar-refractivity contribution in [3.8, 4) is 0 Å². The second kappa shape index (κ2) is 7.38. The number of hydrogen-bond donors (Lipinski definition) is 2. The number of nitrogens with two attached hydrogens (primary N) is 1. The molecule has 0 aromatic rings. The summed E-state index contributed by atoms with van der Waals surface area (Å²) in [7, 11) is 2.07. The Balaban J connectivity index is 0. The van der Waals surface area contributed by atoms with Gasteiger partial charge in [0.05, 0.1) is 0 Å². The molecule has 1 fully saturated rings. The molecular formula is C7H17Cl2N3O. The SMILES string of the molecule is CN1CCC(C(=O)NN)CC1.Cl.Cl. The highest BCUT2D eigenvalue weighted by Gasteiger charge is 2.22. The third kappa shape index (κ3) is 4.67. The smallest absolute Gasteiger partial charge is 0.237 e. The van der Waals surface area contributed by atoms with Crippen molar-refractivity contribution in [2.45, 2.75) is 12.8 Å². The van der Waals surface area contributed by atoms with Gasteiger partial charge in [-0.2, -0.15) is 0 Å². The van der Waals surface area contributed by atoms with E-state index in [2.05, 4.69) is 17.4 Å². The molecular weight excluding hydrogens is 213 g/mol. The Morgan fingerprint density at radius 1 is 1.38 bits per heavy atom. The summed E-state index contributed by atoms with van der Waals surface area (Å²) in [6, 6.07) is 0. The van der Waals surface area contributed by atoms with Crippen LogP contribution in [0.25, 0.3) is 0 Å². The molecule has 1 aliphatic rings. The summed E-state index contributed by atoms with van der Waals surface area (Å²) in [6.07, 6.45) is 1.86. The van der Waals surface area contributed by atoms with Crippen molar-refractivity contribution in [3.63, 3.8) is 0 Å². The summed E-state index contributed by atoms with van der Waals surface area (Å²) in [5.74, 6) is 5.14. The first-order valence-electron chi connectivity index (χ1n) is 3.93. The number of nitrogens with one attached hydrogen (secondary N) is 1. The highest BCUT2D eigenvalue weighted by molar-refractivity contribution is 5.85. The van der Waals surface area contributed by atoms with Crippen molar-refractivity contribution >= 4 is 30.7 Å². The van der Waals surface area contributed by atoms with Gasteiger partial charge in [0.1, 0.15) is 0 Å². The van der Waals surface area contributed by atoms with Crippen LogP contribution in [0.1, 0.15) is 12.8 Å². The molecule has 0 spiro atoms.